The highest BCUT2D eigenvalue weighted by molar-refractivity contribution is 5.60. The van der Waals surface area contributed by atoms with Crippen molar-refractivity contribution in [1.29, 1.82) is 0 Å². The molecule has 3 rings (SSSR count). The van der Waals surface area contributed by atoms with Gasteiger partial charge in [-0.3, -0.25) is 0 Å². The first-order valence-electron chi connectivity index (χ1n) is 9.75. The fourth-order valence-electron chi connectivity index (χ4n) is 3.48. The van der Waals surface area contributed by atoms with Gasteiger partial charge in [-0.15, -0.1) is 0 Å². The van der Waals surface area contributed by atoms with Crippen molar-refractivity contribution in [2.45, 2.75) is 11.6 Å². The van der Waals surface area contributed by atoms with Crippen LogP contribution in [-0.4, -0.2) is 40.0 Å². The predicted octanol–water partition coefficient (Wildman–Crippen LogP) is 5.26. The Hall–Kier alpha value is -2.76. The van der Waals surface area contributed by atoms with Crippen LogP contribution in [0.25, 0.3) is 12.2 Å². The van der Waals surface area contributed by atoms with Gasteiger partial charge in [0.25, 0.3) is 0 Å². The van der Waals surface area contributed by atoms with E-state index in [1.165, 1.54) is 0 Å². The largest absolute Gasteiger partial charge is 0.346 e. The van der Waals surface area contributed by atoms with E-state index in [1.54, 1.807) is 28.4 Å². The Balaban J connectivity index is 2.05. The zero-order valence-electron chi connectivity index (χ0n) is 17.9. The smallest absolute Gasteiger partial charge is 0.215 e. The van der Waals surface area contributed by atoms with E-state index in [0.29, 0.717) is 0 Å². The summed E-state index contributed by atoms with van der Waals surface area (Å²) in [6.45, 7) is 0. The topological polar surface area (TPSA) is 36.9 Å². The van der Waals surface area contributed by atoms with Crippen LogP contribution in [0.5, 0.6) is 0 Å². The molecular weight excluding hydrogens is 376 g/mol. The van der Waals surface area contributed by atoms with E-state index in [2.05, 4.69) is 0 Å². The van der Waals surface area contributed by atoms with E-state index in [-0.39, 0.29) is 0 Å². The van der Waals surface area contributed by atoms with Crippen LogP contribution in [0.1, 0.15) is 11.1 Å². The maximum atomic E-state index is 5.83. The Morgan fingerprint density at radius 3 is 1.13 bits per heavy atom. The van der Waals surface area contributed by atoms with Crippen molar-refractivity contribution in [3.8, 4) is 0 Å². The molecule has 0 spiro atoms. The standard InChI is InChI=1S/C26H28O4/c1-27-25(28-2)19-24(18-16-22-13-9-6-10-14-22)26(29-3,30-4)20-23(25)17-15-21-11-7-5-8-12-21/h5-20H,1-4H3/b17-15+,18-16+. The van der Waals surface area contributed by atoms with Gasteiger partial charge >= 0.3 is 0 Å². The van der Waals surface area contributed by atoms with E-state index in [0.717, 1.165) is 22.3 Å². The van der Waals surface area contributed by atoms with Crippen LogP contribution in [0.15, 0.2) is 96.1 Å². The monoisotopic (exact) mass is 404 g/mol. The molecule has 1 aliphatic rings. The van der Waals surface area contributed by atoms with Crippen molar-refractivity contribution in [2.24, 2.45) is 0 Å². The van der Waals surface area contributed by atoms with E-state index in [1.807, 2.05) is 97.1 Å². The lowest BCUT2D eigenvalue weighted by Crippen LogP contribution is -2.44. The maximum absolute atomic E-state index is 5.83. The van der Waals surface area contributed by atoms with Crippen molar-refractivity contribution >= 4 is 12.2 Å². The Morgan fingerprint density at radius 2 is 0.833 bits per heavy atom. The van der Waals surface area contributed by atoms with Crippen LogP contribution in [0, 0.1) is 0 Å². The molecule has 30 heavy (non-hydrogen) atoms. The number of hydrogen-bond acceptors (Lipinski definition) is 4. The van der Waals surface area contributed by atoms with Crippen molar-refractivity contribution in [2.75, 3.05) is 28.4 Å². The summed E-state index contributed by atoms with van der Waals surface area (Å²) in [5, 5.41) is 0. The second kappa shape index (κ2) is 9.83. The highest BCUT2D eigenvalue weighted by Gasteiger charge is 2.44. The summed E-state index contributed by atoms with van der Waals surface area (Å²) in [5.41, 5.74) is 3.69. The van der Waals surface area contributed by atoms with Crippen LogP contribution >= 0.6 is 0 Å². The van der Waals surface area contributed by atoms with Gasteiger partial charge in [0.15, 0.2) is 0 Å². The summed E-state index contributed by atoms with van der Waals surface area (Å²) in [5.74, 6) is -2.13. The van der Waals surface area contributed by atoms with Crippen LogP contribution in [-0.2, 0) is 18.9 Å². The van der Waals surface area contributed by atoms with E-state index in [9.17, 15) is 0 Å². The molecule has 0 unspecified atom stereocenters. The van der Waals surface area contributed by atoms with Gasteiger partial charge in [-0.2, -0.15) is 0 Å². The second-order valence-electron chi connectivity index (χ2n) is 6.84. The summed E-state index contributed by atoms with van der Waals surface area (Å²) in [4.78, 5) is 0. The lowest BCUT2D eigenvalue weighted by atomic mass is 9.87. The first kappa shape index (κ1) is 21.9. The predicted molar refractivity (Wildman–Crippen MR) is 121 cm³/mol. The van der Waals surface area contributed by atoms with Crippen LogP contribution in [0.3, 0.4) is 0 Å². The lowest BCUT2D eigenvalue weighted by Gasteiger charge is -2.40. The lowest BCUT2D eigenvalue weighted by molar-refractivity contribution is -0.168. The molecule has 0 heterocycles. The van der Waals surface area contributed by atoms with Gasteiger partial charge in [-0.1, -0.05) is 85.0 Å². The summed E-state index contributed by atoms with van der Waals surface area (Å²) < 4.78 is 23.3. The second-order valence-corrected chi connectivity index (χ2v) is 6.84. The minimum absolute atomic E-state index is 0.775. The molecule has 0 saturated carbocycles. The van der Waals surface area contributed by atoms with Gasteiger partial charge in [0.1, 0.15) is 0 Å². The Morgan fingerprint density at radius 1 is 0.500 bits per heavy atom. The molecule has 0 radical (unpaired) electrons. The Bertz CT molecular complexity index is 852. The number of hydrogen-bond donors (Lipinski definition) is 0. The molecule has 1 aliphatic carbocycles. The quantitative estimate of drug-likeness (QED) is 0.563. The molecule has 0 N–H and O–H groups in total. The van der Waals surface area contributed by atoms with Crippen molar-refractivity contribution in [3.63, 3.8) is 0 Å². The van der Waals surface area contributed by atoms with Crippen LogP contribution < -0.4 is 0 Å². The minimum atomic E-state index is -1.07. The van der Waals surface area contributed by atoms with E-state index in [4.69, 9.17) is 18.9 Å². The fourth-order valence-corrected chi connectivity index (χ4v) is 3.48. The highest BCUT2D eigenvalue weighted by atomic mass is 16.7. The van der Waals surface area contributed by atoms with Crippen molar-refractivity contribution < 1.29 is 18.9 Å². The molecule has 0 bridgehead atoms. The third-order valence-electron chi connectivity index (χ3n) is 5.22. The molecule has 2 aromatic rings. The SMILES string of the molecule is COC1(OC)C=C(/C=C/c2ccccc2)C(OC)(OC)C=C1/C=C/c1ccccc1. The van der Waals surface area contributed by atoms with Gasteiger partial charge in [-0.25, -0.2) is 0 Å². The Kier molecular flexibility index (Phi) is 7.19. The summed E-state index contributed by atoms with van der Waals surface area (Å²) in [6, 6.07) is 20.1. The molecule has 0 saturated heterocycles. The average Bonchev–Trinajstić information content (AvgIpc) is 2.82. The highest BCUT2D eigenvalue weighted by Crippen LogP contribution is 2.40. The number of methoxy groups -OCH3 is 4. The maximum Gasteiger partial charge on any atom is 0.215 e. The first-order valence-corrected chi connectivity index (χ1v) is 9.75. The normalized spacial score (nSPS) is 17.9. The molecule has 0 aromatic heterocycles. The van der Waals surface area contributed by atoms with E-state index >= 15 is 0 Å². The van der Waals surface area contributed by atoms with Gasteiger partial charge in [0.2, 0.25) is 11.6 Å². The molecule has 4 nitrogen and oxygen atoms in total. The summed E-state index contributed by atoms with van der Waals surface area (Å²) in [7, 11) is 6.48. The average molecular weight is 405 g/mol. The van der Waals surface area contributed by atoms with E-state index < -0.39 is 11.6 Å². The zero-order chi connectivity index (χ0) is 21.5. The molecule has 0 fully saturated rings. The first-order chi connectivity index (χ1) is 14.6. The molecular formula is C26H28O4. The van der Waals surface area contributed by atoms with Gasteiger partial charge in [0, 0.05) is 39.6 Å². The molecule has 2 aromatic carbocycles. The van der Waals surface area contributed by atoms with Crippen LogP contribution in [0.4, 0.5) is 0 Å². The van der Waals surface area contributed by atoms with Gasteiger partial charge in [0.05, 0.1) is 0 Å². The van der Waals surface area contributed by atoms with Crippen molar-refractivity contribution in [3.05, 3.63) is 107 Å². The minimum Gasteiger partial charge on any atom is -0.346 e. The number of benzene rings is 2. The molecule has 0 atom stereocenters. The van der Waals surface area contributed by atoms with Gasteiger partial charge in [-0.05, 0) is 23.3 Å². The number of ether oxygens (including phenoxy) is 4. The van der Waals surface area contributed by atoms with Crippen LogP contribution in [0.2, 0.25) is 0 Å². The molecule has 0 aliphatic heterocycles. The van der Waals surface area contributed by atoms with Crippen molar-refractivity contribution in [1.82, 2.24) is 0 Å². The third kappa shape index (κ3) is 4.53. The molecule has 4 heteroatoms. The zero-order valence-corrected chi connectivity index (χ0v) is 17.9. The molecule has 0 amide bonds. The number of rotatable bonds is 8. The summed E-state index contributed by atoms with van der Waals surface area (Å²) in [6.07, 6.45) is 11.7. The molecule has 156 valence electrons. The third-order valence-corrected chi connectivity index (χ3v) is 5.22. The Labute approximate surface area is 178 Å². The van der Waals surface area contributed by atoms with Gasteiger partial charge < -0.3 is 18.9 Å². The fraction of sp³-hybridized carbons (Fsp3) is 0.231. The summed E-state index contributed by atoms with van der Waals surface area (Å²) >= 11 is 0.